The average Bonchev–Trinajstić information content (AvgIpc) is 2.83. The summed E-state index contributed by atoms with van der Waals surface area (Å²) < 4.78 is 0. The van der Waals surface area contributed by atoms with Gasteiger partial charge in [-0.1, -0.05) is 18.2 Å². The Morgan fingerprint density at radius 1 is 1.28 bits per heavy atom. The van der Waals surface area contributed by atoms with Crippen molar-refractivity contribution in [2.75, 3.05) is 20.1 Å². The van der Waals surface area contributed by atoms with Gasteiger partial charge in [-0.2, -0.15) is 0 Å². The standard InChI is InChI=1S/C16H26N2/c1-13(8-10-17)18(2)11-9-14-6-7-15-4-3-5-16(15)12-14/h6-7,12-13H,3-5,8-11,17H2,1-2H3. The summed E-state index contributed by atoms with van der Waals surface area (Å²) in [6, 6.07) is 7.65. The summed E-state index contributed by atoms with van der Waals surface area (Å²) in [7, 11) is 2.20. The molecule has 100 valence electrons. The first kappa shape index (κ1) is 13.6. The second-order valence-corrected chi connectivity index (χ2v) is 5.61. The van der Waals surface area contributed by atoms with E-state index < -0.39 is 0 Å². The van der Waals surface area contributed by atoms with Crippen LogP contribution in [0.25, 0.3) is 0 Å². The van der Waals surface area contributed by atoms with Crippen LogP contribution in [0.2, 0.25) is 0 Å². The molecular formula is C16H26N2. The fourth-order valence-electron chi connectivity index (χ4n) is 2.77. The van der Waals surface area contributed by atoms with Crippen LogP contribution in [-0.2, 0) is 19.3 Å². The quantitative estimate of drug-likeness (QED) is 0.835. The molecule has 1 aliphatic carbocycles. The highest BCUT2D eigenvalue weighted by Crippen LogP contribution is 2.23. The molecule has 18 heavy (non-hydrogen) atoms. The van der Waals surface area contributed by atoms with E-state index in [1.807, 2.05) is 0 Å². The molecule has 0 radical (unpaired) electrons. The van der Waals surface area contributed by atoms with Crippen molar-refractivity contribution in [3.63, 3.8) is 0 Å². The van der Waals surface area contributed by atoms with E-state index in [2.05, 4.69) is 37.1 Å². The highest BCUT2D eigenvalue weighted by atomic mass is 15.1. The lowest BCUT2D eigenvalue weighted by Gasteiger charge is -2.24. The maximum atomic E-state index is 5.61. The van der Waals surface area contributed by atoms with Crippen LogP contribution in [0.4, 0.5) is 0 Å². The minimum atomic E-state index is 0.587. The minimum absolute atomic E-state index is 0.587. The molecule has 1 aromatic rings. The first-order valence-corrected chi connectivity index (χ1v) is 7.21. The van der Waals surface area contributed by atoms with E-state index in [0.29, 0.717) is 6.04 Å². The van der Waals surface area contributed by atoms with E-state index in [1.54, 1.807) is 11.1 Å². The smallest absolute Gasteiger partial charge is 0.00760 e. The lowest BCUT2D eigenvalue weighted by Crippen LogP contribution is -2.32. The van der Waals surface area contributed by atoms with E-state index in [0.717, 1.165) is 25.9 Å². The van der Waals surface area contributed by atoms with Crippen molar-refractivity contribution < 1.29 is 0 Å². The second-order valence-electron chi connectivity index (χ2n) is 5.61. The molecule has 2 N–H and O–H groups in total. The van der Waals surface area contributed by atoms with Gasteiger partial charge in [0.15, 0.2) is 0 Å². The van der Waals surface area contributed by atoms with Crippen molar-refractivity contribution in [1.29, 1.82) is 0 Å². The Labute approximate surface area is 111 Å². The first-order chi connectivity index (χ1) is 8.70. The largest absolute Gasteiger partial charge is 0.330 e. The SMILES string of the molecule is CC(CCN)N(C)CCc1ccc2c(c1)CCC2. The predicted octanol–water partition coefficient (Wildman–Crippen LogP) is 2.39. The van der Waals surface area contributed by atoms with Gasteiger partial charge in [-0.25, -0.2) is 0 Å². The molecule has 0 aliphatic heterocycles. The highest BCUT2D eigenvalue weighted by molar-refractivity contribution is 5.35. The second kappa shape index (κ2) is 6.35. The number of likely N-dealkylation sites (N-methyl/N-ethyl adjacent to an activating group) is 1. The van der Waals surface area contributed by atoms with Crippen molar-refractivity contribution in [3.05, 3.63) is 34.9 Å². The summed E-state index contributed by atoms with van der Waals surface area (Å²) in [5, 5.41) is 0. The molecule has 0 aromatic heterocycles. The van der Waals surface area contributed by atoms with Gasteiger partial charge in [0.2, 0.25) is 0 Å². The number of hydrogen-bond acceptors (Lipinski definition) is 2. The molecule has 0 fully saturated rings. The monoisotopic (exact) mass is 246 g/mol. The third-order valence-corrected chi connectivity index (χ3v) is 4.25. The van der Waals surface area contributed by atoms with Crippen molar-refractivity contribution in [1.82, 2.24) is 4.90 Å². The number of nitrogens with two attached hydrogens (primary N) is 1. The summed E-state index contributed by atoms with van der Waals surface area (Å²) >= 11 is 0. The minimum Gasteiger partial charge on any atom is -0.330 e. The number of hydrogen-bond donors (Lipinski definition) is 1. The molecule has 1 unspecified atom stereocenters. The normalized spacial score (nSPS) is 16.0. The van der Waals surface area contributed by atoms with Gasteiger partial charge in [0.05, 0.1) is 0 Å². The number of benzene rings is 1. The van der Waals surface area contributed by atoms with E-state index in [1.165, 1.54) is 24.8 Å². The summed E-state index contributed by atoms with van der Waals surface area (Å²) in [6.45, 7) is 4.17. The average molecular weight is 246 g/mol. The zero-order chi connectivity index (χ0) is 13.0. The molecule has 0 saturated heterocycles. The molecule has 1 aromatic carbocycles. The maximum Gasteiger partial charge on any atom is 0.00760 e. The highest BCUT2D eigenvalue weighted by Gasteiger charge is 2.12. The third-order valence-electron chi connectivity index (χ3n) is 4.25. The summed E-state index contributed by atoms with van der Waals surface area (Å²) in [6.07, 6.45) is 6.14. The number of aryl methyl sites for hydroxylation is 2. The van der Waals surface area contributed by atoms with Gasteiger partial charge in [-0.05, 0) is 69.3 Å². The molecule has 0 bridgehead atoms. The van der Waals surface area contributed by atoms with Gasteiger partial charge >= 0.3 is 0 Å². The van der Waals surface area contributed by atoms with Gasteiger partial charge in [-0.3, -0.25) is 0 Å². The third kappa shape index (κ3) is 3.33. The number of nitrogens with zero attached hydrogens (tertiary/aromatic N) is 1. The molecule has 2 nitrogen and oxygen atoms in total. The number of rotatable bonds is 6. The van der Waals surface area contributed by atoms with Crippen LogP contribution < -0.4 is 5.73 Å². The Morgan fingerprint density at radius 2 is 2.06 bits per heavy atom. The Hall–Kier alpha value is -0.860. The van der Waals surface area contributed by atoms with Crippen LogP contribution in [0, 0.1) is 0 Å². The topological polar surface area (TPSA) is 29.3 Å². The van der Waals surface area contributed by atoms with Gasteiger partial charge in [0.25, 0.3) is 0 Å². The fourth-order valence-corrected chi connectivity index (χ4v) is 2.77. The van der Waals surface area contributed by atoms with Crippen molar-refractivity contribution in [2.24, 2.45) is 5.73 Å². The molecule has 0 amide bonds. The zero-order valence-corrected chi connectivity index (χ0v) is 11.8. The summed E-state index contributed by atoms with van der Waals surface area (Å²) in [5.41, 5.74) is 10.3. The molecular weight excluding hydrogens is 220 g/mol. The predicted molar refractivity (Wildman–Crippen MR) is 77.9 cm³/mol. The Bertz CT molecular complexity index is 387. The lowest BCUT2D eigenvalue weighted by atomic mass is 10.0. The molecule has 0 spiro atoms. The van der Waals surface area contributed by atoms with Crippen LogP contribution in [0.15, 0.2) is 18.2 Å². The Balaban J connectivity index is 1.86. The lowest BCUT2D eigenvalue weighted by molar-refractivity contribution is 0.251. The molecule has 0 heterocycles. The van der Waals surface area contributed by atoms with Gasteiger partial charge in [0, 0.05) is 12.6 Å². The van der Waals surface area contributed by atoms with Gasteiger partial charge in [-0.15, -0.1) is 0 Å². The van der Waals surface area contributed by atoms with E-state index in [-0.39, 0.29) is 0 Å². The van der Waals surface area contributed by atoms with E-state index >= 15 is 0 Å². The Kier molecular flexibility index (Phi) is 4.79. The van der Waals surface area contributed by atoms with Crippen molar-refractivity contribution in [3.8, 4) is 0 Å². The van der Waals surface area contributed by atoms with Crippen LogP contribution in [0.5, 0.6) is 0 Å². The first-order valence-electron chi connectivity index (χ1n) is 7.21. The van der Waals surface area contributed by atoms with Gasteiger partial charge in [0.1, 0.15) is 0 Å². The van der Waals surface area contributed by atoms with Gasteiger partial charge < -0.3 is 10.6 Å². The van der Waals surface area contributed by atoms with Crippen LogP contribution in [-0.4, -0.2) is 31.1 Å². The zero-order valence-electron chi connectivity index (χ0n) is 11.8. The summed E-state index contributed by atoms with van der Waals surface area (Å²) in [5.74, 6) is 0. The van der Waals surface area contributed by atoms with Crippen molar-refractivity contribution in [2.45, 2.75) is 45.1 Å². The van der Waals surface area contributed by atoms with E-state index in [4.69, 9.17) is 5.73 Å². The molecule has 2 heteroatoms. The molecule has 1 atom stereocenters. The van der Waals surface area contributed by atoms with Crippen molar-refractivity contribution >= 4 is 0 Å². The molecule has 0 saturated carbocycles. The number of fused-ring (bicyclic) bond motifs is 1. The van der Waals surface area contributed by atoms with Crippen LogP contribution >= 0.6 is 0 Å². The van der Waals surface area contributed by atoms with E-state index in [9.17, 15) is 0 Å². The molecule has 1 aliphatic rings. The fraction of sp³-hybridized carbons (Fsp3) is 0.625. The molecule has 2 rings (SSSR count). The Morgan fingerprint density at radius 3 is 2.83 bits per heavy atom. The summed E-state index contributed by atoms with van der Waals surface area (Å²) in [4.78, 5) is 2.42. The maximum absolute atomic E-state index is 5.61. The van der Waals surface area contributed by atoms with Crippen LogP contribution in [0.3, 0.4) is 0 Å². The van der Waals surface area contributed by atoms with Crippen LogP contribution in [0.1, 0.15) is 36.5 Å².